The van der Waals surface area contributed by atoms with Gasteiger partial charge in [0.15, 0.2) is 0 Å². The second-order valence-corrected chi connectivity index (χ2v) is 9.02. The molecule has 0 atom stereocenters. The van der Waals surface area contributed by atoms with E-state index in [0.29, 0.717) is 5.92 Å². The zero-order valence-corrected chi connectivity index (χ0v) is 17.3. The summed E-state index contributed by atoms with van der Waals surface area (Å²) in [5.41, 5.74) is 5.25. The summed E-state index contributed by atoms with van der Waals surface area (Å²) in [4.78, 5) is 0. The fourth-order valence-electron chi connectivity index (χ4n) is 4.64. The van der Waals surface area contributed by atoms with Crippen LogP contribution in [0.1, 0.15) is 25.3 Å². The van der Waals surface area contributed by atoms with Crippen molar-refractivity contribution in [3.05, 3.63) is 90.5 Å². The van der Waals surface area contributed by atoms with Crippen LogP contribution in [0.3, 0.4) is 0 Å². The third kappa shape index (κ3) is 2.33. The van der Waals surface area contributed by atoms with Crippen LogP contribution in [0.4, 0.5) is 0 Å². The lowest BCUT2D eigenvalue weighted by Crippen LogP contribution is -1.93. The van der Waals surface area contributed by atoms with Gasteiger partial charge in [0, 0.05) is 26.2 Å². The largest absolute Gasteiger partial charge is 0.308 e. The maximum atomic E-state index is 2.44. The number of rotatable bonds is 2. The van der Waals surface area contributed by atoms with Crippen molar-refractivity contribution in [3.63, 3.8) is 0 Å². The Morgan fingerprint density at radius 1 is 0.586 bits per heavy atom. The normalized spacial score (nSPS) is 12.1. The molecule has 0 amide bonds. The van der Waals surface area contributed by atoms with Crippen LogP contribution in [0, 0.1) is 0 Å². The third-order valence-electron chi connectivity index (χ3n) is 5.98. The molecule has 2 heterocycles. The van der Waals surface area contributed by atoms with E-state index in [1.807, 2.05) is 11.3 Å². The Labute approximate surface area is 173 Å². The summed E-state index contributed by atoms with van der Waals surface area (Å²) in [5.74, 6) is 0.517. The Morgan fingerprint density at radius 3 is 1.79 bits per heavy atom. The first-order valence-corrected chi connectivity index (χ1v) is 11.0. The van der Waals surface area contributed by atoms with Crippen LogP contribution in [0.25, 0.3) is 47.7 Å². The molecule has 2 aromatic heterocycles. The lowest BCUT2D eigenvalue weighted by Gasteiger charge is -2.09. The highest BCUT2D eigenvalue weighted by atomic mass is 32.1. The fourth-order valence-corrected chi connectivity index (χ4v) is 6.11. The highest BCUT2D eigenvalue weighted by molar-refractivity contribution is 7.26. The van der Waals surface area contributed by atoms with Crippen LogP contribution in [0.15, 0.2) is 84.9 Å². The summed E-state index contributed by atoms with van der Waals surface area (Å²) in [6.45, 7) is 4.57. The highest BCUT2D eigenvalue weighted by Gasteiger charge is 2.17. The monoisotopic (exact) mass is 391 g/mol. The number of hydrogen-bond donors (Lipinski definition) is 0. The van der Waals surface area contributed by atoms with Gasteiger partial charge in [-0.25, -0.2) is 0 Å². The maximum absolute atomic E-state index is 2.44. The van der Waals surface area contributed by atoms with Gasteiger partial charge < -0.3 is 4.57 Å². The molecule has 0 saturated heterocycles. The van der Waals surface area contributed by atoms with Crippen LogP contribution in [0.5, 0.6) is 0 Å². The highest BCUT2D eigenvalue weighted by Crippen LogP contribution is 2.42. The quantitative estimate of drug-likeness (QED) is 0.280. The SMILES string of the molecule is CC(C)c1cccc2c1sc1c(-n3c4ccccc4c4ccccc43)cccc12. The van der Waals surface area contributed by atoms with Gasteiger partial charge in [-0.05, 0) is 29.7 Å². The topological polar surface area (TPSA) is 4.93 Å². The smallest absolute Gasteiger partial charge is 0.0640 e. The van der Waals surface area contributed by atoms with Gasteiger partial charge in [0.2, 0.25) is 0 Å². The van der Waals surface area contributed by atoms with E-state index in [0.717, 1.165) is 0 Å². The standard InChI is InChI=1S/C27H21NS/c1-17(2)18-11-7-12-21-22-13-8-16-25(27(22)29-26(18)21)28-23-14-5-3-9-19(23)20-10-4-6-15-24(20)28/h3-17H,1-2H3. The molecule has 0 aliphatic rings. The second kappa shape index (κ2) is 6.20. The molecular weight excluding hydrogens is 370 g/mol. The summed E-state index contributed by atoms with van der Waals surface area (Å²) >= 11 is 1.94. The number of hydrogen-bond acceptors (Lipinski definition) is 1. The first-order valence-electron chi connectivity index (χ1n) is 10.2. The molecule has 2 heteroatoms. The molecule has 0 radical (unpaired) electrons. The average Bonchev–Trinajstić information content (AvgIpc) is 3.29. The van der Waals surface area contributed by atoms with Crippen LogP contribution < -0.4 is 0 Å². The van der Waals surface area contributed by atoms with Crippen molar-refractivity contribution in [2.24, 2.45) is 0 Å². The number of para-hydroxylation sites is 2. The van der Waals surface area contributed by atoms with Crippen molar-refractivity contribution >= 4 is 53.3 Å². The van der Waals surface area contributed by atoms with Gasteiger partial charge in [-0.3, -0.25) is 0 Å². The molecule has 0 aliphatic carbocycles. The number of nitrogens with zero attached hydrogens (tertiary/aromatic N) is 1. The Morgan fingerprint density at radius 2 is 1.14 bits per heavy atom. The lowest BCUT2D eigenvalue weighted by atomic mass is 10.0. The fraction of sp³-hybridized carbons (Fsp3) is 0.111. The number of aromatic nitrogens is 1. The van der Waals surface area contributed by atoms with E-state index in [1.54, 1.807) is 0 Å². The van der Waals surface area contributed by atoms with Crippen LogP contribution in [-0.2, 0) is 0 Å². The van der Waals surface area contributed by atoms with Crippen LogP contribution >= 0.6 is 11.3 Å². The molecule has 0 unspecified atom stereocenters. The van der Waals surface area contributed by atoms with E-state index < -0.39 is 0 Å². The van der Waals surface area contributed by atoms with Gasteiger partial charge in [0.25, 0.3) is 0 Å². The van der Waals surface area contributed by atoms with E-state index in [4.69, 9.17) is 0 Å². The number of thiophene rings is 1. The Balaban J connectivity index is 1.79. The van der Waals surface area contributed by atoms with Gasteiger partial charge in [0.05, 0.1) is 21.4 Å². The molecule has 6 rings (SSSR count). The molecule has 0 fully saturated rings. The number of benzene rings is 4. The van der Waals surface area contributed by atoms with Gasteiger partial charge in [-0.2, -0.15) is 0 Å². The zero-order valence-electron chi connectivity index (χ0n) is 16.5. The molecule has 29 heavy (non-hydrogen) atoms. The third-order valence-corrected chi connectivity index (χ3v) is 7.27. The Kier molecular flexibility index (Phi) is 3.60. The summed E-state index contributed by atoms with van der Waals surface area (Å²) < 4.78 is 5.23. The first-order chi connectivity index (χ1) is 14.2. The molecule has 1 nitrogen and oxygen atoms in total. The van der Waals surface area contributed by atoms with Gasteiger partial charge in [-0.15, -0.1) is 11.3 Å². The molecule has 4 aromatic carbocycles. The van der Waals surface area contributed by atoms with Crippen LogP contribution in [-0.4, -0.2) is 4.57 Å². The molecule has 6 aromatic rings. The van der Waals surface area contributed by atoms with Crippen molar-refractivity contribution < 1.29 is 0 Å². The summed E-state index contributed by atoms with van der Waals surface area (Å²) in [5, 5.41) is 5.35. The van der Waals surface area contributed by atoms with Crippen molar-refractivity contribution in [1.82, 2.24) is 4.57 Å². The molecule has 0 N–H and O–H groups in total. The second-order valence-electron chi connectivity index (χ2n) is 8.00. The average molecular weight is 392 g/mol. The molecule has 0 aliphatic heterocycles. The predicted molar refractivity (Wildman–Crippen MR) is 128 cm³/mol. The van der Waals surface area contributed by atoms with E-state index in [-0.39, 0.29) is 0 Å². The number of fused-ring (bicyclic) bond motifs is 6. The van der Waals surface area contributed by atoms with E-state index >= 15 is 0 Å². The van der Waals surface area contributed by atoms with Gasteiger partial charge >= 0.3 is 0 Å². The minimum absolute atomic E-state index is 0.517. The zero-order chi connectivity index (χ0) is 19.5. The summed E-state index contributed by atoms with van der Waals surface area (Å²) in [6.07, 6.45) is 0. The lowest BCUT2D eigenvalue weighted by molar-refractivity contribution is 0.878. The van der Waals surface area contributed by atoms with E-state index in [1.165, 1.54) is 53.2 Å². The van der Waals surface area contributed by atoms with E-state index in [9.17, 15) is 0 Å². The molecule has 0 bridgehead atoms. The van der Waals surface area contributed by atoms with Gasteiger partial charge in [-0.1, -0.05) is 80.6 Å². The van der Waals surface area contributed by atoms with Crippen LogP contribution in [0.2, 0.25) is 0 Å². The Hall–Kier alpha value is -3.10. The summed E-state index contributed by atoms with van der Waals surface area (Å²) in [7, 11) is 0. The first kappa shape index (κ1) is 16.8. The minimum Gasteiger partial charge on any atom is -0.308 e. The molecular formula is C27H21NS. The minimum atomic E-state index is 0.517. The molecule has 140 valence electrons. The van der Waals surface area contributed by atoms with Crippen molar-refractivity contribution in [2.75, 3.05) is 0 Å². The van der Waals surface area contributed by atoms with Crippen molar-refractivity contribution in [1.29, 1.82) is 0 Å². The van der Waals surface area contributed by atoms with Gasteiger partial charge in [0.1, 0.15) is 0 Å². The summed E-state index contributed by atoms with van der Waals surface area (Å²) in [6, 6.07) is 31.0. The molecule has 0 saturated carbocycles. The van der Waals surface area contributed by atoms with E-state index in [2.05, 4.69) is 103 Å². The molecule has 0 spiro atoms. The predicted octanol–water partition coefficient (Wildman–Crippen LogP) is 8.28. The van der Waals surface area contributed by atoms with Crippen molar-refractivity contribution in [2.45, 2.75) is 19.8 Å². The Bertz CT molecular complexity index is 1480. The maximum Gasteiger partial charge on any atom is 0.0640 e. The van der Waals surface area contributed by atoms with Crippen molar-refractivity contribution in [3.8, 4) is 5.69 Å².